The van der Waals surface area contributed by atoms with Crippen molar-refractivity contribution in [2.75, 3.05) is 5.32 Å². The Morgan fingerprint density at radius 3 is 2.82 bits per heavy atom. The van der Waals surface area contributed by atoms with Gasteiger partial charge in [0.2, 0.25) is 0 Å². The van der Waals surface area contributed by atoms with Crippen LogP contribution < -0.4 is 10.9 Å². The molecule has 4 aromatic heterocycles. The van der Waals surface area contributed by atoms with E-state index >= 15 is 0 Å². The lowest BCUT2D eigenvalue weighted by molar-refractivity contribution is 0.102. The van der Waals surface area contributed by atoms with Crippen LogP contribution >= 0.6 is 0 Å². The molecule has 140 valence electrons. The molecule has 0 aliphatic heterocycles. The number of hydrogen-bond acceptors (Lipinski definition) is 5. The quantitative estimate of drug-likeness (QED) is 0.595. The van der Waals surface area contributed by atoms with E-state index in [9.17, 15) is 9.59 Å². The topological polar surface area (TPSA) is 94.2 Å². The Bertz CT molecular complexity index is 1250. The molecular weight excluding hydrogens is 356 g/mol. The van der Waals surface area contributed by atoms with E-state index in [-0.39, 0.29) is 11.2 Å². The molecule has 0 saturated heterocycles. The summed E-state index contributed by atoms with van der Waals surface area (Å²) in [5, 5.41) is 2.64. The predicted molar refractivity (Wildman–Crippen MR) is 104 cm³/mol. The van der Waals surface area contributed by atoms with E-state index in [0.29, 0.717) is 22.8 Å². The van der Waals surface area contributed by atoms with Gasteiger partial charge in [0.05, 0.1) is 18.1 Å². The Hall–Kier alpha value is -3.55. The fraction of sp³-hybridized carbons (Fsp3) is 0.250. The molecule has 1 saturated carbocycles. The molecule has 0 unspecified atom stereocenters. The number of anilines is 1. The van der Waals surface area contributed by atoms with Crippen molar-refractivity contribution in [3.8, 4) is 0 Å². The third-order valence-corrected chi connectivity index (χ3v) is 5.26. The number of carbonyl (C=O) groups excluding carboxylic acids is 1. The van der Waals surface area contributed by atoms with Crippen molar-refractivity contribution in [2.24, 2.45) is 0 Å². The molecule has 0 bridgehead atoms. The van der Waals surface area contributed by atoms with Gasteiger partial charge in [-0.15, -0.1) is 0 Å². The Morgan fingerprint density at radius 2 is 1.96 bits per heavy atom. The van der Waals surface area contributed by atoms with Gasteiger partial charge in [-0.3, -0.25) is 14.0 Å². The molecule has 1 aliphatic carbocycles. The molecule has 8 heteroatoms. The van der Waals surface area contributed by atoms with Crippen molar-refractivity contribution in [1.29, 1.82) is 0 Å². The molecule has 1 fully saturated rings. The molecule has 0 radical (unpaired) electrons. The monoisotopic (exact) mass is 374 g/mol. The normalized spacial score (nSPS) is 14.7. The van der Waals surface area contributed by atoms with Crippen molar-refractivity contribution in [1.82, 2.24) is 23.9 Å². The van der Waals surface area contributed by atoms with Gasteiger partial charge in [-0.05, 0) is 31.0 Å². The van der Waals surface area contributed by atoms with Crippen LogP contribution in [0.3, 0.4) is 0 Å². The summed E-state index contributed by atoms with van der Waals surface area (Å²) in [6.45, 7) is 0. The number of carbonyl (C=O) groups is 1. The second-order valence-corrected chi connectivity index (χ2v) is 7.02. The molecule has 0 spiro atoms. The first kappa shape index (κ1) is 16.6. The van der Waals surface area contributed by atoms with Crippen LogP contribution in [-0.4, -0.2) is 29.8 Å². The Balaban J connectivity index is 1.45. The number of hydrogen-bond donors (Lipinski definition) is 1. The first-order valence-corrected chi connectivity index (χ1v) is 9.31. The molecule has 5 rings (SSSR count). The highest BCUT2D eigenvalue weighted by atomic mass is 16.2. The summed E-state index contributed by atoms with van der Waals surface area (Å²) in [4.78, 5) is 38.3. The fourth-order valence-electron chi connectivity index (χ4n) is 3.80. The minimum atomic E-state index is -0.417. The van der Waals surface area contributed by atoms with E-state index < -0.39 is 5.91 Å². The number of fused-ring (bicyclic) bond motifs is 2. The lowest BCUT2D eigenvalue weighted by Gasteiger charge is -2.11. The van der Waals surface area contributed by atoms with Crippen LogP contribution in [0.4, 0.5) is 5.69 Å². The van der Waals surface area contributed by atoms with Gasteiger partial charge in [0, 0.05) is 18.4 Å². The van der Waals surface area contributed by atoms with Crippen molar-refractivity contribution >= 4 is 28.4 Å². The lowest BCUT2D eigenvalue weighted by Crippen LogP contribution is -2.23. The molecule has 8 nitrogen and oxygen atoms in total. The SMILES string of the molecule is O=C(Nc1cnc2ccccn2c1=O)c1cnc2c(c1)ncn2C1CCCC1. The molecule has 0 atom stereocenters. The smallest absolute Gasteiger partial charge is 0.281 e. The molecule has 1 N–H and O–H groups in total. The minimum Gasteiger partial charge on any atom is -0.316 e. The second-order valence-electron chi connectivity index (χ2n) is 7.02. The maximum absolute atomic E-state index is 12.6. The van der Waals surface area contributed by atoms with Crippen molar-refractivity contribution in [3.05, 3.63) is 65.1 Å². The highest BCUT2D eigenvalue weighted by Gasteiger charge is 2.20. The van der Waals surface area contributed by atoms with E-state index in [1.54, 1.807) is 36.8 Å². The maximum Gasteiger partial charge on any atom is 0.281 e. The zero-order valence-electron chi connectivity index (χ0n) is 15.1. The largest absolute Gasteiger partial charge is 0.316 e. The number of aromatic nitrogens is 5. The van der Waals surface area contributed by atoms with Crippen LogP contribution in [0, 0.1) is 0 Å². The third kappa shape index (κ3) is 2.74. The van der Waals surface area contributed by atoms with Gasteiger partial charge in [-0.25, -0.2) is 15.0 Å². The molecule has 4 heterocycles. The number of pyridine rings is 2. The summed E-state index contributed by atoms with van der Waals surface area (Å²) in [5.74, 6) is -0.417. The highest BCUT2D eigenvalue weighted by Crippen LogP contribution is 2.31. The van der Waals surface area contributed by atoms with Crippen molar-refractivity contribution in [2.45, 2.75) is 31.7 Å². The molecule has 0 aromatic carbocycles. The van der Waals surface area contributed by atoms with E-state index in [4.69, 9.17) is 0 Å². The van der Waals surface area contributed by atoms with Gasteiger partial charge < -0.3 is 9.88 Å². The number of rotatable bonds is 3. The summed E-state index contributed by atoms with van der Waals surface area (Å²) >= 11 is 0. The molecular formula is C20H18N6O2. The van der Waals surface area contributed by atoms with Crippen LogP contribution in [0.5, 0.6) is 0 Å². The Labute approximate surface area is 159 Å². The molecule has 1 amide bonds. The molecule has 28 heavy (non-hydrogen) atoms. The number of nitrogens with zero attached hydrogens (tertiary/aromatic N) is 5. The van der Waals surface area contributed by atoms with Crippen LogP contribution in [0.2, 0.25) is 0 Å². The first-order chi connectivity index (χ1) is 13.7. The third-order valence-electron chi connectivity index (χ3n) is 5.26. The summed E-state index contributed by atoms with van der Waals surface area (Å²) < 4.78 is 3.49. The Morgan fingerprint density at radius 1 is 1.11 bits per heavy atom. The zero-order valence-corrected chi connectivity index (χ0v) is 15.1. The average Bonchev–Trinajstić information content (AvgIpc) is 3.39. The lowest BCUT2D eigenvalue weighted by atomic mass is 10.2. The first-order valence-electron chi connectivity index (χ1n) is 9.31. The van der Waals surface area contributed by atoms with Gasteiger partial charge in [-0.2, -0.15) is 0 Å². The van der Waals surface area contributed by atoms with Gasteiger partial charge >= 0.3 is 0 Å². The highest BCUT2D eigenvalue weighted by molar-refractivity contribution is 6.05. The van der Waals surface area contributed by atoms with Crippen LogP contribution in [0.1, 0.15) is 42.1 Å². The number of imidazole rings is 1. The van der Waals surface area contributed by atoms with Gasteiger partial charge in [0.25, 0.3) is 11.5 Å². The van der Waals surface area contributed by atoms with Gasteiger partial charge in [0.1, 0.15) is 16.9 Å². The summed E-state index contributed by atoms with van der Waals surface area (Å²) in [5.41, 5.74) is 2.11. The van der Waals surface area contributed by atoms with Crippen molar-refractivity contribution in [3.63, 3.8) is 0 Å². The number of nitrogens with one attached hydrogen (secondary N) is 1. The van der Waals surface area contributed by atoms with Crippen LogP contribution in [-0.2, 0) is 0 Å². The summed E-state index contributed by atoms with van der Waals surface area (Å²) in [6.07, 6.45) is 11.0. The maximum atomic E-state index is 12.6. The van der Waals surface area contributed by atoms with E-state index in [1.165, 1.54) is 29.6 Å². The zero-order chi connectivity index (χ0) is 19.1. The molecule has 1 aliphatic rings. The summed E-state index contributed by atoms with van der Waals surface area (Å²) in [6, 6.07) is 7.40. The van der Waals surface area contributed by atoms with E-state index in [0.717, 1.165) is 18.5 Å². The minimum absolute atomic E-state index is 0.116. The van der Waals surface area contributed by atoms with Crippen LogP contribution in [0.15, 0.2) is 54.0 Å². The van der Waals surface area contributed by atoms with E-state index in [1.807, 2.05) is 0 Å². The average molecular weight is 374 g/mol. The van der Waals surface area contributed by atoms with Crippen LogP contribution in [0.25, 0.3) is 16.8 Å². The van der Waals surface area contributed by atoms with E-state index in [2.05, 4.69) is 24.8 Å². The Kier molecular flexibility index (Phi) is 3.89. The van der Waals surface area contributed by atoms with Crippen molar-refractivity contribution < 1.29 is 4.79 Å². The predicted octanol–water partition coefficient (Wildman–Crippen LogP) is 2.81. The standard InChI is InChI=1S/C20H18N6O2/c27-19(24-16-11-21-17-7-3-4-8-25(17)20(16)28)13-9-15-18(22-10-13)26(12-23-15)14-5-1-2-6-14/h3-4,7-12,14H,1-2,5-6H2,(H,24,27). The molecule has 4 aromatic rings. The van der Waals surface area contributed by atoms with Gasteiger partial charge in [-0.1, -0.05) is 18.9 Å². The number of amides is 1. The summed E-state index contributed by atoms with van der Waals surface area (Å²) in [7, 11) is 0. The fourth-order valence-corrected chi connectivity index (χ4v) is 3.80. The second kappa shape index (κ2) is 6.56. The van der Waals surface area contributed by atoms with Gasteiger partial charge in [0.15, 0.2) is 5.65 Å².